The van der Waals surface area contributed by atoms with Crippen LogP contribution in [0.1, 0.15) is 11.1 Å². The molecule has 8 nitrogen and oxygen atoms in total. The summed E-state index contributed by atoms with van der Waals surface area (Å²) >= 11 is 12.5. The summed E-state index contributed by atoms with van der Waals surface area (Å²) in [6.45, 7) is 4.01. The van der Waals surface area contributed by atoms with Gasteiger partial charge >= 0.3 is 11.8 Å². The lowest BCUT2D eigenvalue weighted by Crippen LogP contribution is -2.32. The average Bonchev–Trinajstić information content (AvgIpc) is 2.88. The van der Waals surface area contributed by atoms with Crippen LogP contribution in [0, 0.1) is 0 Å². The van der Waals surface area contributed by atoms with E-state index in [1.807, 2.05) is 0 Å². The minimum absolute atomic E-state index is 0.0753. The molecule has 2 amide bonds. The molecule has 10 heteroatoms. The van der Waals surface area contributed by atoms with Crippen molar-refractivity contribution >= 4 is 46.9 Å². The summed E-state index contributed by atoms with van der Waals surface area (Å²) in [5.41, 5.74) is 3.72. The lowest BCUT2D eigenvalue weighted by atomic mass is 10.2. The van der Waals surface area contributed by atoms with Gasteiger partial charge in [-0.1, -0.05) is 48.0 Å². The maximum Gasteiger partial charge on any atom is 0.329 e. The Hall–Kier alpha value is -4.01. The van der Waals surface area contributed by atoms with Crippen molar-refractivity contribution in [3.8, 4) is 17.2 Å². The van der Waals surface area contributed by atoms with Gasteiger partial charge in [-0.15, -0.1) is 0 Å². The number of para-hydroxylation sites is 1. The molecular weight excluding hydrogens is 505 g/mol. The predicted molar refractivity (Wildman–Crippen MR) is 140 cm³/mol. The number of hydrogen-bond acceptors (Lipinski definition) is 6. The third-order valence-corrected chi connectivity index (χ3v) is 5.42. The van der Waals surface area contributed by atoms with Gasteiger partial charge in [0, 0.05) is 26.9 Å². The molecule has 3 rings (SSSR count). The topological polar surface area (TPSA) is 98.2 Å². The van der Waals surface area contributed by atoms with Gasteiger partial charge < -0.3 is 19.5 Å². The summed E-state index contributed by atoms with van der Waals surface area (Å²) in [5.74, 6) is -0.437. The van der Waals surface area contributed by atoms with Gasteiger partial charge in [0.2, 0.25) is 0 Å². The standard InChI is InChI=1S/C26H23Cl2N3O5/c1-3-14-35-19-12-10-18(11-13-19)30-25(32)26(33)31-29-15-17-6-4-9-23(34-2)24(17)36-16-20-21(27)7-5-8-22(20)28/h3-13,15H,1,14,16H2,2H3,(H,30,32)(H,31,33)/b29-15-. The van der Waals surface area contributed by atoms with E-state index >= 15 is 0 Å². The van der Waals surface area contributed by atoms with Crippen LogP contribution >= 0.6 is 23.2 Å². The van der Waals surface area contributed by atoms with Gasteiger partial charge in [0.25, 0.3) is 0 Å². The summed E-state index contributed by atoms with van der Waals surface area (Å²) in [6, 6.07) is 16.8. The Bertz CT molecular complexity index is 1240. The zero-order chi connectivity index (χ0) is 25.9. The van der Waals surface area contributed by atoms with E-state index in [2.05, 4.69) is 22.4 Å². The first-order valence-electron chi connectivity index (χ1n) is 10.6. The summed E-state index contributed by atoms with van der Waals surface area (Å²) in [7, 11) is 1.50. The third-order valence-electron chi connectivity index (χ3n) is 4.71. The minimum atomic E-state index is -0.952. The number of benzene rings is 3. The molecule has 0 aromatic heterocycles. The number of hydrazone groups is 1. The normalized spacial score (nSPS) is 10.5. The number of nitrogens with one attached hydrogen (secondary N) is 2. The third kappa shape index (κ3) is 7.24. The Morgan fingerprint density at radius 1 is 0.972 bits per heavy atom. The highest BCUT2D eigenvalue weighted by Crippen LogP contribution is 2.33. The number of hydrogen-bond donors (Lipinski definition) is 2. The summed E-state index contributed by atoms with van der Waals surface area (Å²) in [4.78, 5) is 24.4. The zero-order valence-electron chi connectivity index (χ0n) is 19.3. The van der Waals surface area contributed by atoms with Gasteiger partial charge in [0.15, 0.2) is 11.5 Å². The maximum absolute atomic E-state index is 12.2. The number of amides is 2. The predicted octanol–water partition coefficient (Wildman–Crippen LogP) is 5.23. The second kappa shape index (κ2) is 13.2. The summed E-state index contributed by atoms with van der Waals surface area (Å²) in [5, 5.41) is 7.28. The van der Waals surface area contributed by atoms with Crippen molar-refractivity contribution in [3.05, 3.63) is 94.5 Å². The largest absolute Gasteiger partial charge is 0.493 e. The van der Waals surface area contributed by atoms with Gasteiger partial charge in [-0.2, -0.15) is 5.10 Å². The van der Waals surface area contributed by atoms with E-state index in [-0.39, 0.29) is 6.61 Å². The molecule has 0 spiro atoms. The average molecular weight is 528 g/mol. The molecule has 0 aliphatic rings. The molecule has 186 valence electrons. The molecule has 0 saturated carbocycles. The van der Waals surface area contributed by atoms with Crippen LogP contribution in [0.4, 0.5) is 5.69 Å². The number of carbonyl (C=O) groups is 2. The van der Waals surface area contributed by atoms with Crippen molar-refractivity contribution < 1.29 is 23.8 Å². The Kier molecular flexibility index (Phi) is 9.73. The number of rotatable bonds is 10. The fourth-order valence-corrected chi connectivity index (χ4v) is 3.46. The van der Waals surface area contributed by atoms with Crippen LogP contribution in [0.5, 0.6) is 17.2 Å². The van der Waals surface area contributed by atoms with Gasteiger partial charge in [-0.3, -0.25) is 9.59 Å². The van der Waals surface area contributed by atoms with Gasteiger partial charge in [-0.25, -0.2) is 5.43 Å². The maximum atomic E-state index is 12.2. The number of ether oxygens (including phenoxy) is 3. The number of methoxy groups -OCH3 is 1. The van der Waals surface area contributed by atoms with E-state index < -0.39 is 11.8 Å². The quantitative estimate of drug-likeness (QED) is 0.163. The second-order valence-electron chi connectivity index (χ2n) is 7.14. The van der Waals surface area contributed by atoms with E-state index in [9.17, 15) is 9.59 Å². The first-order valence-corrected chi connectivity index (χ1v) is 11.4. The van der Waals surface area contributed by atoms with E-state index in [4.69, 9.17) is 37.4 Å². The van der Waals surface area contributed by atoms with E-state index in [0.717, 1.165) is 0 Å². The Morgan fingerprint density at radius 3 is 2.33 bits per heavy atom. The molecule has 0 heterocycles. The fraction of sp³-hybridized carbons (Fsp3) is 0.115. The highest BCUT2D eigenvalue weighted by molar-refractivity contribution is 6.39. The highest BCUT2D eigenvalue weighted by Gasteiger charge is 2.15. The van der Waals surface area contributed by atoms with Crippen LogP contribution in [-0.2, 0) is 16.2 Å². The van der Waals surface area contributed by atoms with Crippen LogP contribution in [0.25, 0.3) is 0 Å². The molecule has 0 aliphatic carbocycles. The first-order chi connectivity index (χ1) is 17.4. The van der Waals surface area contributed by atoms with E-state index in [1.54, 1.807) is 66.7 Å². The Labute approximate surface area is 218 Å². The molecule has 36 heavy (non-hydrogen) atoms. The number of anilines is 1. The zero-order valence-corrected chi connectivity index (χ0v) is 20.8. The van der Waals surface area contributed by atoms with Crippen LogP contribution in [0.15, 0.2) is 78.4 Å². The molecule has 3 aromatic carbocycles. The lowest BCUT2D eigenvalue weighted by molar-refractivity contribution is -0.136. The molecule has 3 aromatic rings. The number of halogens is 2. The van der Waals surface area contributed by atoms with Crippen LogP contribution in [-0.4, -0.2) is 31.7 Å². The van der Waals surface area contributed by atoms with Crippen LogP contribution in [0.3, 0.4) is 0 Å². The van der Waals surface area contributed by atoms with Crippen molar-refractivity contribution in [3.63, 3.8) is 0 Å². The number of nitrogens with zero attached hydrogens (tertiary/aromatic N) is 1. The molecule has 0 bridgehead atoms. The summed E-state index contributed by atoms with van der Waals surface area (Å²) < 4.78 is 16.7. The first kappa shape index (κ1) is 26.6. The number of carbonyl (C=O) groups excluding carboxylic acids is 2. The minimum Gasteiger partial charge on any atom is -0.493 e. The van der Waals surface area contributed by atoms with Gasteiger partial charge in [-0.05, 0) is 48.5 Å². The Balaban J connectivity index is 1.64. The van der Waals surface area contributed by atoms with Crippen LogP contribution in [0.2, 0.25) is 10.0 Å². The fourth-order valence-electron chi connectivity index (χ4n) is 2.95. The molecule has 0 fully saturated rings. The SMILES string of the molecule is C=CCOc1ccc(NC(=O)C(=O)N/N=C\c2cccc(OC)c2OCc2c(Cl)cccc2Cl)cc1. The Morgan fingerprint density at radius 2 is 1.67 bits per heavy atom. The highest BCUT2D eigenvalue weighted by atomic mass is 35.5. The van der Waals surface area contributed by atoms with Crippen LogP contribution < -0.4 is 25.0 Å². The van der Waals surface area contributed by atoms with Crippen molar-refractivity contribution in [2.45, 2.75) is 6.61 Å². The monoisotopic (exact) mass is 527 g/mol. The molecule has 0 unspecified atom stereocenters. The summed E-state index contributed by atoms with van der Waals surface area (Å²) in [6.07, 6.45) is 2.96. The second-order valence-corrected chi connectivity index (χ2v) is 7.96. The van der Waals surface area contributed by atoms with E-state index in [0.29, 0.717) is 50.7 Å². The molecule has 0 radical (unpaired) electrons. The van der Waals surface area contributed by atoms with Gasteiger partial charge in [0.1, 0.15) is 19.0 Å². The smallest absolute Gasteiger partial charge is 0.329 e. The van der Waals surface area contributed by atoms with E-state index in [1.165, 1.54) is 13.3 Å². The van der Waals surface area contributed by atoms with Crippen molar-refractivity contribution in [2.75, 3.05) is 19.0 Å². The molecule has 0 aliphatic heterocycles. The molecule has 0 saturated heterocycles. The van der Waals surface area contributed by atoms with Crippen molar-refractivity contribution in [2.24, 2.45) is 5.10 Å². The van der Waals surface area contributed by atoms with Gasteiger partial charge in [0.05, 0.1) is 13.3 Å². The van der Waals surface area contributed by atoms with Crippen molar-refractivity contribution in [1.82, 2.24) is 5.43 Å². The lowest BCUT2D eigenvalue weighted by Gasteiger charge is -2.14. The van der Waals surface area contributed by atoms with Crippen molar-refractivity contribution in [1.29, 1.82) is 0 Å². The molecule has 0 atom stereocenters. The molecule has 2 N–H and O–H groups in total. The molecular formula is C26H23Cl2N3O5.